The number of H-pyrrole nitrogens is 1. The highest BCUT2D eigenvalue weighted by molar-refractivity contribution is 5.33. The average Bonchev–Trinajstić information content (AvgIpc) is 3.11. The molecule has 1 saturated carbocycles. The summed E-state index contributed by atoms with van der Waals surface area (Å²) < 4.78 is 0. The number of hydrogen-bond donors (Lipinski definition) is 2. The molecule has 0 bridgehead atoms. The Labute approximate surface area is 108 Å². The lowest BCUT2D eigenvalue weighted by molar-refractivity contribution is 0.284. The SMILES string of the molecule is CC(C)N(C)CCNc1cc(=O)[nH]c(C2CC2)n1. The number of anilines is 1. The van der Waals surface area contributed by atoms with Crippen LogP contribution in [0, 0.1) is 0 Å². The van der Waals surface area contributed by atoms with E-state index in [9.17, 15) is 4.79 Å². The van der Waals surface area contributed by atoms with E-state index < -0.39 is 0 Å². The number of hydrogen-bond acceptors (Lipinski definition) is 4. The molecule has 1 aromatic rings. The smallest absolute Gasteiger partial charge is 0.252 e. The summed E-state index contributed by atoms with van der Waals surface area (Å²) in [5, 5.41) is 3.22. The van der Waals surface area contributed by atoms with Gasteiger partial charge in [0.05, 0.1) is 0 Å². The first-order chi connectivity index (χ1) is 8.56. The molecule has 1 aliphatic rings. The van der Waals surface area contributed by atoms with Gasteiger partial charge in [0, 0.05) is 31.1 Å². The highest BCUT2D eigenvalue weighted by Crippen LogP contribution is 2.37. The minimum Gasteiger partial charge on any atom is -0.369 e. The third kappa shape index (κ3) is 3.57. The predicted molar refractivity (Wildman–Crippen MR) is 73.1 cm³/mol. The fourth-order valence-corrected chi connectivity index (χ4v) is 1.74. The Balaban J connectivity index is 1.91. The van der Waals surface area contributed by atoms with Crippen LogP contribution in [0.2, 0.25) is 0 Å². The van der Waals surface area contributed by atoms with Crippen LogP contribution >= 0.6 is 0 Å². The maximum absolute atomic E-state index is 11.5. The molecule has 0 spiro atoms. The van der Waals surface area contributed by atoms with E-state index in [1.165, 1.54) is 6.07 Å². The predicted octanol–water partition coefficient (Wildman–Crippen LogP) is 1.40. The number of aromatic nitrogens is 2. The first-order valence-electron chi connectivity index (χ1n) is 6.61. The lowest BCUT2D eigenvalue weighted by atomic mass is 10.3. The molecule has 0 saturated heterocycles. The number of rotatable bonds is 6. The minimum absolute atomic E-state index is 0.0633. The van der Waals surface area contributed by atoms with Gasteiger partial charge < -0.3 is 15.2 Å². The van der Waals surface area contributed by atoms with Gasteiger partial charge in [0.25, 0.3) is 5.56 Å². The zero-order chi connectivity index (χ0) is 13.1. The second-order valence-electron chi connectivity index (χ2n) is 5.29. The highest BCUT2D eigenvalue weighted by Gasteiger charge is 2.26. The first kappa shape index (κ1) is 13.1. The highest BCUT2D eigenvalue weighted by atomic mass is 16.1. The zero-order valence-corrected chi connectivity index (χ0v) is 11.4. The lowest BCUT2D eigenvalue weighted by Gasteiger charge is -2.21. The maximum Gasteiger partial charge on any atom is 0.252 e. The van der Waals surface area contributed by atoms with Gasteiger partial charge in [-0.05, 0) is 33.7 Å². The molecule has 1 heterocycles. The van der Waals surface area contributed by atoms with Crippen molar-refractivity contribution in [1.29, 1.82) is 0 Å². The number of likely N-dealkylation sites (N-methyl/N-ethyl adjacent to an activating group) is 1. The van der Waals surface area contributed by atoms with Crippen molar-refractivity contribution >= 4 is 5.82 Å². The fourth-order valence-electron chi connectivity index (χ4n) is 1.74. The standard InChI is InChI=1S/C13H22N4O/c1-9(2)17(3)7-6-14-11-8-12(18)16-13(15-11)10-4-5-10/h8-10H,4-7H2,1-3H3,(H2,14,15,16,18). The largest absolute Gasteiger partial charge is 0.369 e. The van der Waals surface area contributed by atoms with Crippen LogP contribution in [0.25, 0.3) is 0 Å². The molecular weight excluding hydrogens is 228 g/mol. The van der Waals surface area contributed by atoms with E-state index in [1.54, 1.807) is 0 Å². The molecule has 0 amide bonds. The number of nitrogens with zero attached hydrogens (tertiary/aromatic N) is 2. The van der Waals surface area contributed by atoms with E-state index in [-0.39, 0.29) is 5.56 Å². The first-order valence-corrected chi connectivity index (χ1v) is 6.61. The van der Waals surface area contributed by atoms with Gasteiger partial charge in [-0.1, -0.05) is 0 Å². The Morgan fingerprint density at radius 1 is 1.56 bits per heavy atom. The Hall–Kier alpha value is -1.36. The molecule has 100 valence electrons. The average molecular weight is 250 g/mol. The van der Waals surface area contributed by atoms with E-state index in [1.807, 2.05) is 0 Å². The fraction of sp³-hybridized carbons (Fsp3) is 0.692. The molecule has 2 N–H and O–H groups in total. The summed E-state index contributed by atoms with van der Waals surface area (Å²) in [6.07, 6.45) is 2.28. The minimum atomic E-state index is -0.0633. The van der Waals surface area contributed by atoms with E-state index in [0.29, 0.717) is 17.8 Å². The molecule has 0 unspecified atom stereocenters. The lowest BCUT2D eigenvalue weighted by Crippen LogP contribution is -2.31. The molecule has 1 aliphatic carbocycles. The molecule has 1 fully saturated rings. The summed E-state index contributed by atoms with van der Waals surface area (Å²) in [4.78, 5) is 21.0. The van der Waals surface area contributed by atoms with Gasteiger partial charge >= 0.3 is 0 Å². The van der Waals surface area contributed by atoms with Crippen LogP contribution in [0.15, 0.2) is 10.9 Å². The van der Waals surface area contributed by atoms with E-state index in [2.05, 4.69) is 41.1 Å². The van der Waals surface area contributed by atoms with Crippen LogP contribution in [-0.2, 0) is 0 Å². The van der Waals surface area contributed by atoms with Gasteiger partial charge in [-0.2, -0.15) is 0 Å². The molecule has 5 heteroatoms. The Kier molecular flexibility index (Phi) is 4.01. The summed E-state index contributed by atoms with van der Waals surface area (Å²) in [5.74, 6) is 2.00. The van der Waals surface area contributed by atoms with Crippen molar-refractivity contribution in [3.8, 4) is 0 Å². The monoisotopic (exact) mass is 250 g/mol. The van der Waals surface area contributed by atoms with Crippen molar-refractivity contribution in [3.63, 3.8) is 0 Å². The summed E-state index contributed by atoms with van der Waals surface area (Å²) in [6.45, 7) is 6.06. The summed E-state index contributed by atoms with van der Waals surface area (Å²) in [7, 11) is 2.09. The summed E-state index contributed by atoms with van der Waals surface area (Å²) in [6, 6.07) is 2.06. The Bertz CT molecular complexity index is 451. The van der Waals surface area contributed by atoms with Crippen LogP contribution in [-0.4, -0.2) is 41.0 Å². The van der Waals surface area contributed by atoms with Gasteiger partial charge in [-0.15, -0.1) is 0 Å². The maximum atomic E-state index is 11.5. The molecule has 0 aromatic carbocycles. The zero-order valence-electron chi connectivity index (χ0n) is 11.4. The van der Waals surface area contributed by atoms with Crippen molar-refractivity contribution in [2.75, 3.05) is 25.5 Å². The van der Waals surface area contributed by atoms with Crippen LogP contribution in [0.1, 0.15) is 38.4 Å². The van der Waals surface area contributed by atoms with Crippen LogP contribution in [0.4, 0.5) is 5.82 Å². The van der Waals surface area contributed by atoms with Crippen molar-refractivity contribution in [3.05, 3.63) is 22.2 Å². The van der Waals surface area contributed by atoms with Gasteiger partial charge in [0.15, 0.2) is 0 Å². The third-order valence-corrected chi connectivity index (χ3v) is 3.38. The van der Waals surface area contributed by atoms with Gasteiger partial charge in [-0.3, -0.25) is 4.79 Å². The Morgan fingerprint density at radius 2 is 2.28 bits per heavy atom. The van der Waals surface area contributed by atoms with Crippen LogP contribution in [0.3, 0.4) is 0 Å². The van der Waals surface area contributed by atoms with Gasteiger partial charge in [0.2, 0.25) is 0 Å². The molecule has 18 heavy (non-hydrogen) atoms. The quantitative estimate of drug-likeness (QED) is 0.801. The van der Waals surface area contributed by atoms with Crippen LogP contribution < -0.4 is 10.9 Å². The van der Waals surface area contributed by atoms with E-state index in [0.717, 1.165) is 31.8 Å². The molecule has 5 nitrogen and oxygen atoms in total. The topological polar surface area (TPSA) is 61.0 Å². The second-order valence-corrected chi connectivity index (χ2v) is 5.29. The Morgan fingerprint density at radius 3 is 2.89 bits per heavy atom. The van der Waals surface area contributed by atoms with Crippen molar-refractivity contribution in [1.82, 2.24) is 14.9 Å². The second kappa shape index (κ2) is 5.52. The summed E-state index contributed by atoms with van der Waals surface area (Å²) >= 11 is 0. The van der Waals surface area contributed by atoms with E-state index >= 15 is 0 Å². The van der Waals surface area contributed by atoms with Crippen molar-refractivity contribution in [2.24, 2.45) is 0 Å². The molecule has 0 aliphatic heterocycles. The van der Waals surface area contributed by atoms with Gasteiger partial charge in [0.1, 0.15) is 11.6 Å². The summed E-state index contributed by atoms with van der Waals surface area (Å²) in [5.41, 5.74) is -0.0633. The molecular formula is C13H22N4O. The third-order valence-electron chi connectivity index (χ3n) is 3.38. The number of nitrogens with one attached hydrogen (secondary N) is 2. The molecule has 0 radical (unpaired) electrons. The number of aromatic amines is 1. The van der Waals surface area contributed by atoms with Crippen molar-refractivity contribution < 1.29 is 0 Å². The normalized spacial score (nSPS) is 15.4. The van der Waals surface area contributed by atoms with E-state index in [4.69, 9.17) is 0 Å². The molecule has 2 rings (SSSR count). The molecule has 0 atom stereocenters. The van der Waals surface area contributed by atoms with Crippen LogP contribution in [0.5, 0.6) is 0 Å². The van der Waals surface area contributed by atoms with Crippen molar-refractivity contribution in [2.45, 2.75) is 38.6 Å². The van der Waals surface area contributed by atoms with Gasteiger partial charge in [-0.25, -0.2) is 4.98 Å². The molecule has 1 aromatic heterocycles.